The van der Waals surface area contributed by atoms with Crippen LogP contribution in [0.5, 0.6) is 0 Å². The number of ether oxygens (including phenoxy) is 1. The fraction of sp³-hybridized carbons (Fsp3) is 0.700. The first kappa shape index (κ1) is 19.2. The van der Waals surface area contributed by atoms with Crippen molar-refractivity contribution in [2.24, 2.45) is 17.6 Å². The lowest BCUT2D eigenvalue weighted by Gasteiger charge is -2.45. The largest absolute Gasteiger partial charge is 0.390 e. The van der Waals surface area contributed by atoms with Gasteiger partial charge in [0, 0.05) is 29.4 Å². The van der Waals surface area contributed by atoms with Crippen LogP contribution in [0.1, 0.15) is 30.1 Å². The molecule has 28 heavy (non-hydrogen) atoms. The molecular formula is C20H29ClN4O3. The predicted octanol–water partition coefficient (Wildman–Crippen LogP) is 0.447. The SMILES string of the molecule is CN1CNC(N)C2CCN([C@@H]3C[C@H]([C@H]4OCc5cc(Cl)ccc54)[C@@H](O)[C@H]3O)C21. The molecule has 2 saturated heterocycles. The molecule has 5 N–H and O–H groups in total. The summed E-state index contributed by atoms with van der Waals surface area (Å²) in [6, 6.07) is 5.70. The van der Waals surface area contributed by atoms with Crippen LogP contribution in [0, 0.1) is 11.8 Å². The number of fused-ring (bicyclic) bond motifs is 2. The molecule has 0 spiro atoms. The number of rotatable bonds is 2. The van der Waals surface area contributed by atoms with E-state index >= 15 is 0 Å². The zero-order valence-corrected chi connectivity index (χ0v) is 16.8. The van der Waals surface area contributed by atoms with E-state index in [-0.39, 0.29) is 30.4 Å². The number of nitrogens with zero attached hydrogens (tertiary/aromatic N) is 2. The van der Waals surface area contributed by atoms with Crippen LogP contribution in [-0.4, -0.2) is 70.9 Å². The van der Waals surface area contributed by atoms with Gasteiger partial charge < -0.3 is 20.7 Å². The van der Waals surface area contributed by atoms with Crippen LogP contribution in [0.3, 0.4) is 0 Å². The normalized spacial score (nSPS) is 44.0. The molecule has 8 heteroatoms. The minimum atomic E-state index is -0.809. The topological polar surface area (TPSA) is 94.2 Å². The Bertz CT molecular complexity index is 752. The van der Waals surface area contributed by atoms with Gasteiger partial charge in [0.2, 0.25) is 0 Å². The summed E-state index contributed by atoms with van der Waals surface area (Å²) in [6.07, 6.45) is 0.0639. The molecule has 4 aliphatic rings. The fourth-order valence-corrected chi connectivity index (χ4v) is 6.09. The molecule has 1 aliphatic carbocycles. The highest BCUT2D eigenvalue weighted by Crippen LogP contribution is 2.47. The maximum Gasteiger partial charge on any atom is 0.0958 e. The number of hydrogen-bond donors (Lipinski definition) is 4. The minimum Gasteiger partial charge on any atom is -0.390 e. The van der Waals surface area contributed by atoms with Gasteiger partial charge in [-0.15, -0.1) is 0 Å². The van der Waals surface area contributed by atoms with Crippen molar-refractivity contribution >= 4 is 11.6 Å². The molecule has 3 fully saturated rings. The average Bonchev–Trinajstić information content (AvgIpc) is 3.36. The zero-order valence-electron chi connectivity index (χ0n) is 16.0. The van der Waals surface area contributed by atoms with Gasteiger partial charge in [0.25, 0.3) is 0 Å². The van der Waals surface area contributed by atoms with Crippen molar-refractivity contribution in [3.05, 3.63) is 34.3 Å². The molecule has 1 aromatic rings. The van der Waals surface area contributed by atoms with Crippen molar-refractivity contribution in [1.82, 2.24) is 15.1 Å². The third kappa shape index (κ3) is 2.92. The molecule has 0 bridgehead atoms. The van der Waals surface area contributed by atoms with E-state index in [4.69, 9.17) is 22.1 Å². The summed E-state index contributed by atoms with van der Waals surface area (Å²) in [6.45, 7) is 2.11. The molecule has 154 valence electrons. The smallest absolute Gasteiger partial charge is 0.0958 e. The van der Waals surface area contributed by atoms with Crippen LogP contribution >= 0.6 is 11.6 Å². The van der Waals surface area contributed by atoms with E-state index in [1.54, 1.807) is 0 Å². The van der Waals surface area contributed by atoms with Gasteiger partial charge in [-0.05, 0) is 43.1 Å². The maximum atomic E-state index is 10.9. The second kappa shape index (κ2) is 7.18. The summed E-state index contributed by atoms with van der Waals surface area (Å²) in [5, 5.41) is 25.9. The maximum absolute atomic E-state index is 10.9. The summed E-state index contributed by atoms with van der Waals surface area (Å²) in [5.41, 5.74) is 8.45. The summed E-state index contributed by atoms with van der Waals surface area (Å²) < 4.78 is 6.05. The van der Waals surface area contributed by atoms with Crippen molar-refractivity contribution in [3.63, 3.8) is 0 Å². The fourth-order valence-electron chi connectivity index (χ4n) is 5.90. The highest BCUT2D eigenvalue weighted by Gasteiger charge is 2.54. The Morgan fingerprint density at radius 2 is 2.07 bits per heavy atom. The Kier molecular flexibility index (Phi) is 4.92. The van der Waals surface area contributed by atoms with Gasteiger partial charge in [0.15, 0.2) is 0 Å². The lowest BCUT2D eigenvalue weighted by molar-refractivity contribution is -0.0638. The second-order valence-electron chi connectivity index (χ2n) is 8.77. The van der Waals surface area contributed by atoms with Crippen LogP contribution in [0.4, 0.5) is 0 Å². The monoisotopic (exact) mass is 408 g/mol. The van der Waals surface area contributed by atoms with Gasteiger partial charge in [0.05, 0.1) is 43.9 Å². The Morgan fingerprint density at radius 3 is 2.89 bits per heavy atom. The standard InChI is InChI=1S/C20H29ClN4O3/c1-24-9-23-19(22)13-4-5-25(20(13)24)15-7-14(16(26)17(15)27)18-12-3-2-11(21)6-10(12)8-28-18/h2-3,6,13-20,23,26-27H,4-5,7-9,22H2,1H3/t13?,14-,15+,16+,17-,18-,19?,20?/m0/s1. The molecule has 3 heterocycles. The number of likely N-dealkylation sites (tertiary alicyclic amines) is 1. The van der Waals surface area contributed by atoms with Crippen LogP contribution in [0.2, 0.25) is 5.02 Å². The van der Waals surface area contributed by atoms with E-state index in [0.29, 0.717) is 24.0 Å². The Labute approximate surface area is 170 Å². The van der Waals surface area contributed by atoms with Gasteiger partial charge in [-0.2, -0.15) is 0 Å². The van der Waals surface area contributed by atoms with Crippen molar-refractivity contribution in [3.8, 4) is 0 Å². The van der Waals surface area contributed by atoms with E-state index < -0.39 is 12.2 Å². The summed E-state index contributed by atoms with van der Waals surface area (Å²) >= 11 is 6.11. The van der Waals surface area contributed by atoms with Crippen LogP contribution < -0.4 is 11.1 Å². The Hall–Kier alpha value is -0.770. The summed E-state index contributed by atoms with van der Waals surface area (Å²) in [4.78, 5) is 4.62. The van der Waals surface area contributed by atoms with E-state index in [1.165, 1.54) is 0 Å². The van der Waals surface area contributed by atoms with Crippen LogP contribution in [-0.2, 0) is 11.3 Å². The van der Waals surface area contributed by atoms with E-state index in [2.05, 4.69) is 22.2 Å². The summed E-state index contributed by atoms with van der Waals surface area (Å²) in [5.74, 6) is 0.190. The first-order chi connectivity index (χ1) is 13.5. The van der Waals surface area contributed by atoms with Gasteiger partial charge in [-0.3, -0.25) is 15.1 Å². The van der Waals surface area contributed by atoms with E-state index in [0.717, 1.165) is 30.8 Å². The number of aliphatic hydroxyl groups is 2. The lowest BCUT2D eigenvalue weighted by Crippen LogP contribution is -2.64. The van der Waals surface area contributed by atoms with E-state index in [1.807, 2.05) is 18.2 Å². The second-order valence-corrected chi connectivity index (χ2v) is 9.21. The average molecular weight is 409 g/mol. The Balaban J connectivity index is 1.38. The number of halogens is 1. The van der Waals surface area contributed by atoms with Gasteiger partial charge >= 0.3 is 0 Å². The van der Waals surface area contributed by atoms with Gasteiger partial charge in [0.1, 0.15) is 0 Å². The number of hydrogen-bond acceptors (Lipinski definition) is 7. The first-order valence-electron chi connectivity index (χ1n) is 10.2. The molecule has 0 radical (unpaired) electrons. The quantitative estimate of drug-likeness (QED) is 0.564. The highest BCUT2D eigenvalue weighted by atomic mass is 35.5. The first-order valence-corrected chi connectivity index (χ1v) is 10.5. The van der Waals surface area contributed by atoms with Crippen molar-refractivity contribution in [1.29, 1.82) is 0 Å². The van der Waals surface area contributed by atoms with Gasteiger partial charge in [-0.1, -0.05) is 17.7 Å². The molecule has 0 aromatic heterocycles. The number of nitrogens with one attached hydrogen (secondary N) is 1. The predicted molar refractivity (Wildman–Crippen MR) is 105 cm³/mol. The van der Waals surface area contributed by atoms with Crippen LogP contribution in [0.25, 0.3) is 0 Å². The third-order valence-corrected chi connectivity index (χ3v) is 7.51. The number of aliphatic hydroxyl groups excluding tert-OH is 2. The van der Waals surface area contributed by atoms with Crippen molar-refractivity contribution in [2.75, 3.05) is 20.3 Å². The summed E-state index contributed by atoms with van der Waals surface area (Å²) in [7, 11) is 2.09. The lowest BCUT2D eigenvalue weighted by atomic mass is 9.91. The molecule has 5 rings (SSSR count). The minimum absolute atomic E-state index is 0.0275. The van der Waals surface area contributed by atoms with Crippen molar-refractivity contribution in [2.45, 2.75) is 56.1 Å². The molecular weight excluding hydrogens is 380 g/mol. The molecule has 3 aliphatic heterocycles. The molecule has 8 atom stereocenters. The van der Waals surface area contributed by atoms with Crippen molar-refractivity contribution < 1.29 is 14.9 Å². The van der Waals surface area contributed by atoms with Gasteiger partial charge in [-0.25, -0.2) is 0 Å². The molecule has 7 nitrogen and oxygen atoms in total. The number of nitrogens with two attached hydrogens (primary N) is 1. The van der Waals surface area contributed by atoms with E-state index in [9.17, 15) is 10.2 Å². The third-order valence-electron chi connectivity index (χ3n) is 7.27. The zero-order chi connectivity index (χ0) is 19.6. The Morgan fingerprint density at radius 1 is 1.25 bits per heavy atom. The molecule has 0 amide bonds. The molecule has 1 aromatic carbocycles. The van der Waals surface area contributed by atoms with Crippen LogP contribution in [0.15, 0.2) is 18.2 Å². The molecule has 1 saturated carbocycles. The number of benzene rings is 1. The molecule has 3 unspecified atom stereocenters. The highest BCUT2D eigenvalue weighted by molar-refractivity contribution is 6.30.